The van der Waals surface area contributed by atoms with Crippen molar-refractivity contribution in [2.45, 2.75) is 40.2 Å². The lowest BCUT2D eigenvalue weighted by atomic mass is 10.1. The molecule has 0 atom stereocenters. The van der Waals surface area contributed by atoms with Crippen LogP contribution in [0.4, 0.5) is 5.82 Å². The van der Waals surface area contributed by atoms with Gasteiger partial charge in [-0.25, -0.2) is 4.98 Å². The molecule has 4 rings (SSSR count). The van der Waals surface area contributed by atoms with Crippen LogP contribution in [0.3, 0.4) is 0 Å². The summed E-state index contributed by atoms with van der Waals surface area (Å²) in [5.41, 5.74) is 10.4. The topological polar surface area (TPSA) is 56.7 Å². The molecule has 134 valence electrons. The highest BCUT2D eigenvalue weighted by molar-refractivity contribution is 6.09. The molecule has 4 nitrogen and oxygen atoms in total. The Morgan fingerprint density at radius 2 is 1.65 bits per heavy atom. The van der Waals surface area contributed by atoms with Crippen LogP contribution < -0.4 is 5.73 Å². The minimum atomic E-state index is 0.507. The van der Waals surface area contributed by atoms with Gasteiger partial charge < -0.3 is 5.73 Å². The molecule has 0 saturated carbocycles. The number of fused-ring (bicyclic) bond motifs is 3. The van der Waals surface area contributed by atoms with Crippen molar-refractivity contribution in [2.24, 2.45) is 0 Å². The van der Waals surface area contributed by atoms with E-state index in [4.69, 9.17) is 10.8 Å². The molecule has 0 unspecified atom stereocenters. The number of pyridine rings is 1. The number of nitrogens with zero attached hydrogens (tertiary/aromatic N) is 3. The Hall–Kier alpha value is -2.88. The summed E-state index contributed by atoms with van der Waals surface area (Å²) in [6.07, 6.45) is 2.03. The minimum Gasteiger partial charge on any atom is -0.382 e. The standard InChI is InChI=1S/C20H20N4.C2H6/c1-2-8-17-18-15-11-6-7-12-16(15)22-20(21)19(18)23-24(17)13-14-9-4-3-5-10-14;1-2/h3-7,9-12H,2,8,13H2,1H3,(H2,21,22);1-2H3. The molecule has 0 aliphatic carbocycles. The van der Waals surface area contributed by atoms with Crippen LogP contribution in [0.25, 0.3) is 21.8 Å². The van der Waals surface area contributed by atoms with Gasteiger partial charge in [0, 0.05) is 16.5 Å². The molecule has 4 heteroatoms. The molecule has 2 aromatic heterocycles. The zero-order valence-electron chi connectivity index (χ0n) is 15.7. The molecule has 26 heavy (non-hydrogen) atoms. The predicted molar refractivity (Wildman–Crippen MR) is 110 cm³/mol. The maximum absolute atomic E-state index is 6.21. The number of rotatable bonds is 4. The third-order valence-corrected chi connectivity index (χ3v) is 4.38. The van der Waals surface area contributed by atoms with E-state index in [1.807, 2.05) is 38.1 Å². The van der Waals surface area contributed by atoms with Gasteiger partial charge in [0.1, 0.15) is 5.52 Å². The van der Waals surface area contributed by atoms with Gasteiger partial charge in [0.05, 0.1) is 12.1 Å². The minimum absolute atomic E-state index is 0.507. The highest BCUT2D eigenvalue weighted by Gasteiger charge is 2.17. The van der Waals surface area contributed by atoms with Crippen LogP contribution in [0.5, 0.6) is 0 Å². The second-order valence-electron chi connectivity index (χ2n) is 6.08. The summed E-state index contributed by atoms with van der Waals surface area (Å²) in [7, 11) is 0. The maximum Gasteiger partial charge on any atom is 0.152 e. The van der Waals surface area contributed by atoms with E-state index in [1.165, 1.54) is 11.3 Å². The average Bonchev–Trinajstić information content (AvgIpc) is 3.04. The van der Waals surface area contributed by atoms with Crippen LogP contribution in [-0.4, -0.2) is 14.8 Å². The molecular weight excluding hydrogens is 320 g/mol. The smallest absolute Gasteiger partial charge is 0.152 e. The number of nitrogens with two attached hydrogens (primary N) is 1. The lowest BCUT2D eigenvalue weighted by Gasteiger charge is -2.08. The number of hydrogen-bond acceptors (Lipinski definition) is 3. The molecule has 0 radical (unpaired) electrons. The van der Waals surface area contributed by atoms with Crippen molar-refractivity contribution in [2.75, 3.05) is 5.73 Å². The van der Waals surface area contributed by atoms with Gasteiger partial charge in [0.2, 0.25) is 0 Å². The summed E-state index contributed by atoms with van der Waals surface area (Å²) in [5.74, 6) is 0.507. The van der Waals surface area contributed by atoms with Crippen molar-refractivity contribution in [1.82, 2.24) is 14.8 Å². The molecule has 2 aromatic carbocycles. The van der Waals surface area contributed by atoms with Gasteiger partial charge in [-0.1, -0.05) is 75.7 Å². The SMILES string of the molecule is CC.CCCc1c2c(nn1Cc1ccccc1)c(N)nc1ccccc12. The second-order valence-corrected chi connectivity index (χ2v) is 6.08. The summed E-state index contributed by atoms with van der Waals surface area (Å²) in [4.78, 5) is 4.53. The van der Waals surface area contributed by atoms with Crippen molar-refractivity contribution in [1.29, 1.82) is 0 Å². The quantitative estimate of drug-likeness (QED) is 0.553. The molecule has 2 N–H and O–H groups in total. The zero-order valence-corrected chi connectivity index (χ0v) is 15.7. The zero-order chi connectivity index (χ0) is 18.5. The first kappa shape index (κ1) is 17.9. The van der Waals surface area contributed by atoms with Crippen LogP contribution in [0.2, 0.25) is 0 Å². The molecule has 4 aromatic rings. The number of aromatic nitrogens is 3. The van der Waals surface area contributed by atoms with Gasteiger partial charge in [-0.2, -0.15) is 5.10 Å². The highest BCUT2D eigenvalue weighted by atomic mass is 15.3. The monoisotopic (exact) mass is 346 g/mol. The Morgan fingerprint density at radius 3 is 2.38 bits per heavy atom. The van der Waals surface area contributed by atoms with Crippen LogP contribution in [0, 0.1) is 0 Å². The van der Waals surface area contributed by atoms with Gasteiger partial charge in [-0.3, -0.25) is 4.68 Å². The van der Waals surface area contributed by atoms with E-state index in [0.717, 1.165) is 41.2 Å². The number of aryl methyl sites for hydroxylation is 1. The number of para-hydroxylation sites is 1. The number of benzene rings is 2. The van der Waals surface area contributed by atoms with Gasteiger partial charge in [0.25, 0.3) is 0 Å². The molecule has 0 aliphatic rings. The van der Waals surface area contributed by atoms with Crippen molar-refractivity contribution in [3.63, 3.8) is 0 Å². The molecule has 0 spiro atoms. The number of anilines is 1. The Kier molecular flexibility index (Phi) is 5.52. The van der Waals surface area contributed by atoms with E-state index in [1.54, 1.807) is 0 Å². The largest absolute Gasteiger partial charge is 0.382 e. The molecular formula is C22H26N4. The normalized spacial score (nSPS) is 10.7. The van der Waals surface area contributed by atoms with Crippen molar-refractivity contribution in [3.8, 4) is 0 Å². The van der Waals surface area contributed by atoms with E-state index in [9.17, 15) is 0 Å². The fourth-order valence-electron chi connectivity index (χ4n) is 3.30. The van der Waals surface area contributed by atoms with Crippen molar-refractivity contribution in [3.05, 3.63) is 65.9 Å². The first-order valence-electron chi connectivity index (χ1n) is 9.35. The second kappa shape index (κ2) is 8.00. The third kappa shape index (κ3) is 3.27. The maximum atomic E-state index is 6.21. The summed E-state index contributed by atoms with van der Waals surface area (Å²) < 4.78 is 2.09. The number of hydrogen-bond donors (Lipinski definition) is 1. The first-order chi connectivity index (χ1) is 12.8. The van der Waals surface area contributed by atoms with E-state index in [-0.39, 0.29) is 0 Å². The Morgan fingerprint density at radius 1 is 0.962 bits per heavy atom. The summed E-state index contributed by atoms with van der Waals surface area (Å²) >= 11 is 0. The predicted octanol–water partition coefficient (Wildman–Crippen LogP) is 5.19. The summed E-state index contributed by atoms with van der Waals surface area (Å²) in [5, 5.41) is 7.08. The van der Waals surface area contributed by atoms with E-state index < -0.39 is 0 Å². The Labute approximate surface area is 154 Å². The fraction of sp³-hybridized carbons (Fsp3) is 0.273. The van der Waals surface area contributed by atoms with Crippen LogP contribution in [0.15, 0.2) is 54.6 Å². The molecule has 0 fully saturated rings. The van der Waals surface area contributed by atoms with Crippen molar-refractivity contribution >= 4 is 27.6 Å². The molecule has 0 bridgehead atoms. The van der Waals surface area contributed by atoms with Crippen molar-refractivity contribution < 1.29 is 0 Å². The van der Waals surface area contributed by atoms with Gasteiger partial charge in [-0.05, 0) is 18.1 Å². The Balaban J connectivity index is 0.000000948. The lowest BCUT2D eigenvalue weighted by Crippen LogP contribution is -2.06. The Bertz CT molecular complexity index is 1000. The van der Waals surface area contributed by atoms with Crippen LogP contribution >= 0.6 is 0 Å². The molecule has 0 aliphatic heterocycles. The fourth-order valence-corrected chi connectivity index (χ4v) is 3.30. The summed E-state index contributed by atoms with van der Waals surface area (Å²) in [6, 6.07) is 18.6. The first-order valence-corrected chi connectivity index (χ1v) is 9.35. The number of nitrogen functional groups attached to an aromatic ring is 1. The van der Waals surface area contributed by atoms with E-state index in [0.29, 0.717) is 5.82 Å². The third-order valence-electron chi connectivity index (χ3n) is 4.38. The highest BCUT2D eigenvalue weighted by Crippen LogP contribution is 2.31. The van der Waals surface area contributed by atoms with E-state index in [2.05, 4.69) is 46.9 Å². The van der Waals surface area contributed by atoms with Crippen LogP contribution in [-0.2, 0) is 13.0 Å². The average molecular weight is 346 g/mol. The molecule has 2 heterocycles. The van der Waals surface area contributed by atoms with Gasteiger partial charge >= 0.3 is 0 Å². The summed E-state index contributed by atoms with van der Waals surface area (Å²) in [6.45, 7) is 6.94. The lowest BCUT2D eigenvalue weighted by molar-refractivity contribution is 0.645. The van der Waals surface area contributed by atoms with Gasteiger partial charge in [-0.15, -0.1) is 0 Å². The van der Waals surface area contributed by atoms with E-state index >= 15 is 0 Å². The van der Waals surface area contributed by atoms with Crippen LogP contribution in [0.1, 0.15) is 38.4 Å². The van der Waals surface area contributed by atoms with Gasteiger partial charge in [0.15, 0.2) is 5.82 Å². The molecule has 0 saturated heterocycles. The molecule has 0 amide bonds.